The molecule has 14 heavy (non-hydrogen) atoms. The second kappa shape index (κ2) is 3.56. The van der Waals surface area contributed by atoms with Gasteiger partial charge in [0.05, 0.1) is 0 Å². The number of nitrogens with zero attached hydrogens (tertiary/aromatic N) is 1. The van der Waals surface area contributed by atoms with Crippen molar-refractivity contribution in [3.8, 4) is 0 Å². The average molecular weight is 187 g/mol. The summed E-state index contributed by atoms with van der Waals surface area (Å²) < 4.78 is 0. The van der Waals surface area contributed by atoms with Crippen LogP contribution in [0.1, 0.15) is 30.0 Å². The zero-order valence-electron chi connectivity index (χ0n) is 9.01. The highest BCUT2D eigenvalue weighted by Gasteiger charge is 2.20. The monoisotopic (exact) mass is 187 g/mol. The van der Waals surface area contributed by atoms with Gasteiger partial charge in [-0.25, -0.2) is 0 Å². The van der Waals surface area contributed by atoms with Crippen molar-refractivity contribution in [3.05, 3.63) is 41.2 Å². The van der Waals surface area contributed by atoms with Crippen LogP contribution < -0.4 is 0 Å². The van der Waals surface area contributed by atoms with E-state index in [4.69, 9.17) is 0 Å². The van der Waals surface area contributed by atoms with E-state index in [1.54, 1.807) is 0 Å². The summed E-state index contributed by atoms with van der Waals surface area (Å²) in [5.41, 5.74) is 5.63. The number of aromatic nitrogens is 1. The Labute approximate surface area is 85.9 Å². The zero-order valence-corrected chi connectivity index (χ0v) is 9.01. The van der Waals surface area contributed by atoms with Crippen LogP contribution >= 0.6 is 0 Å². The minimum Gasteiger partial charge on any atom is -0.264 e. The maximum Gasteiger partial charge on any atom is 0.0302 e. The predicted molar refractivity (Wildman–Crippen MR) is 59.3 cm³/mol. The lowest BCUT2D eigenvalue weighted by Crippen LogP contribution is -2.16. The Kier molecular flexibility index (Phi) is 2.40. The lowest BCUT2D eigenvalue weighted by atomic mass is 9.80. The van der Waals surface area contributed by atoms with Crippen LogP contribution in [0.4, 0.5) is 0 Å². The van der Waals surface area contributed by atoms with E-state index in [1.807, 2.05) is 12.4 Å². The van der Waals surface area contributed by atoms with Gasteiger partial charge >= 0.3 is 0 Å². The highest BCUT2D eigenvalue weighted by molar-refractivity contribution is 5.34. The second-order valence-electron chi connectivity index (χ2n) is 4.38. The van der Waals surface area contributed by atoms with Gasteiger partial charge in [-0.3, -0.25) is 4.98 Å². The maximum absolute atomic E-state index is 4.25. The zero-order chi connectivity index (χ0) is 10.1. The summed E-state index contributed by atoms with van der Waals surface area (Å²) in [7, 11) is 0. The van der Waals surface area contributed by atoms with Gasteiger partial charge in [0.1, 0.15) is 0 Å². The van der Waals surface area contributed by atoms with E-state index >= 15 is 0 Å². The first-order chi connectivity index (χ1) is 6.68. The van der Waals surface area contributed by atoms with E-state index in [2.05, 4.69) is 25.4 Å². The molecular formula is C13H17N. The number of pyridine rings is 1. The Morgan fingerprint density at radius 2 is 2.29 bits per heavy atom. The summed E-state index contributed by atoms with van der Waals surface area (Å²) in [5.74, 6) is 0.684. The fourth-order valence-electron chi connectivity index (χ4n) is 2.25. The molecule has 1 aromatic rings. The van der Waals surface area contributed by atoms with Gasteiger partial charge in [-0.2, -0.15) is 0 Å². The topological polar surface area (TPSA) is 12.9 Å². The maximum atomic E-state index is 4.25. The molecule has 1 nitrogen and oxygen atoms in total. The third kappa shape index (κ3) is 1.59. The van der Waals surface area contributed by atoms with Crippen LogP contribution in [0.3, 0.4) is 0 Å². The fraction of sp³-hybridized carbons (Fsp3) is 0.462. The van der Waals surface area contributed by atoms with E-state index in [-0.39, 0.29) is 0 Å². The van der Waals surface area contributed by atoms with Gasteiger partial charge in [0.25, 0.3) is 0 Å². The van der Waals surface area contributed by atoms with E-state index in [0.717, 1.165) is 0 Å². The van der Waals surface area contributed by atoms with Crippen molar-refractivity contribution < 1.29 is 0 Å². The molecule has 1 atom stereocenters. The molecule has 1 unspecified atom stereocenters. The third-order valence-electron chi connectivity index (χ3n) is 3.27. The Balaban J connectivity index is 2.33. The van der Waals surface area contributed by atoms with E-state index in [1.165, 1.54) is 41.5 Å². The molecule has 1 aliphatic carbocycles. The molecule has 2 rings (SSSR count). The molecular weight excluding hydrogens is 170 g/mol. The van der Waals surface area contributed by atoms with Crippen molar-refractivity contribution in [2.24, 2.45) is 5.92 Å². The highest BCUT2D eigenvalue weighted by Crippen LogP contribution is 2.30. The van der Waals surface area contributed by atoms with Gasteiger partial charge < -0.3 is 0 Å². The minimum atomic E-state index is 0.684. The predicted octanol–water partition coefficient (Wildman–Crippen LogP) is 3.07. The summed E-state index contributed by atoms with van der Waals surface area (Å²) in [6, 6.07) is 0. The summed E-state index contributed by atoms with van der Waals surface area (Å²) in [6.45, 7) is 8.37. The van der Waals surface area contributed by atoms with Crippen molar-refractivity contribution in [2.45, 2.75) is 33.1 Å². The quantitative estimate of drug-likeness (QED) is 0.616. The molecule has 0 radical (unpaired) electrons. The number of allylic oxidation sites excluding steroid dienone is 1. The van der Waals surface area contributed by atoms with Crippen molar-refractivity contribution in [1.82, 2.24) is 4.98 Å². The highest BCUT2D eigenvalue weighted by atomic mass is 14.6. The molecule has 1 aliphatic rings. The van der Waals surface area contributed by atoms with Crippen molar-refractivity contribution >= 4 is 0 Å². The minimum absolute atomic E-state index is 0.684. The van der Waals surface area contributed by atoms with Crippen molar-refractivity contribution in [2.75, 3.05) is 0 Å². The molecule has 0 N–H and O–H groups in total. The summed E-state index contributed by atoms with van der Waals surface area (Å²) in [6.07, 6.45) is 7.57. The molecule has 0 fully saturated rings. The molecule has 1 aromatic heterocycles. The van der Waals surface area contributed by atoms with Crippen LogP contribution in [0.15, 0.2) is 24.5 Å². The van der Waals surface area contributed by atoms with Crippen LogP contribution in [-0.2, 0) is 12.8 Å². The molecule has 0 bridgehead atoms. The number of hydrogen-bond acceptors (Lipinski definition) is 1. The molecule has 0 aliphatic heterocycles. The number of aryl methyl sites for hydroxylation is 2. The standard InChI is InChI=1S/C13H17N/c1-9(2)11-4-5-12-8-14-7-10(3)13(12)6-11/h7-8,11H,1,4-6H2,2-3H3. The average Bonchev–Trinajstić information content (AvgIpc) is 2.18. The van der Waals surface area contributed by atoms with E-state index < -0.39 is 0 Å². The molecule has 0 aromatic carbocycles. The first kappa shape index (κ1) is 9.45. The van der Waals surface area contributed by atoms with Gasteiger partial charge in [-0.15, -0.1) is 0 Å². The van der Waals surface area contributed by atoms with Crippen LogP contribution in [0, 0.1) is 12.8 Å². The Bertz CT molecular complexity index is 365. The van der Waals surface area contributed by atoms with Gasteiger partial charge in [0.15, 0.2) is 0 Å². The molecule has 1 heteroatoms. The van der Waals surface area contributed by atoms with Crippen LogP contribution in [0.25, 0.3) is 0 Å². The smallest absolute Gasteiger partial charge is 0.0302 e. The van der Waals surface area contributed by atoms with Gasteiger partial charge in [-0.1, -0.05) is 12.2 Å². The molecule has 0 saturated heterocycles. The molecule has 0 spiro atoms. The van der Waals surface area contributed by atoms with Gasteiger partial charge in [-0.05, 0) is 55.7 Å². The number of hydrogen-bond donors (Lipinski definition) is 0. The number of rotatable bonds is 1. The second-order valence-corrected chi connectivity index (χ2v) is 4.38. The summed E-state index contributed by atoms with van der Waals surface area (Å²) in [4.78, 5) is 4.25. The van der Waals surface area contributed by atoms with Crippen molar-refractivity contribution in [1.29, 1.82) is 0 Å². The van der Waals surface area contributed by atoms with E-state index in [0.29, 0.717) is 5.92 Å². The summed E-state index contributed by atoms with van der Waals surface area (Å²) >= 11 is 0. The number of fused-ring (bicyclic) bond motifs is 1. The van der Waals surface area contributed by atoms with Gasteiger partial charge in [0.2, 0.25) is 0 Å². The van der Waals surface area contributed by atoms with Crippen LogP contribution in [0.2, 0.25) is 0 Å². The lowest BCUT2D eigenvalue weighted by molar-refractivity contribution is 0.524. The normalized spacial score (nSPS) is 20.3. The first-order valence-electron chi connectivity index (χ1n) is 5.26. The van der Waals surface area contributed by atoms with E-state index in [9.17, 15) is 0 Å². The molecule has 1 heterocycles. The van der Waals surface area contributed by atoms with Crippen LogP contribution in [0.5, 0.6) is 0 Å². The van der Waals surface area contributed by atoms with Crippen molar-refractivity contribution in [3.63, 3.8) is 0 Å². The van der Waals surface area contributed by atoms with Crippen LogP contribution in [-0.4, -0.2) is 4.98 Å². The largest absolute Gasteiger partial charge is 0.264 e. The molecule has 0 saturated carbocycles. The van der Waals surface area contributed by atoms with Gasteiger partial charge in [0, 0.05) is 12.4 Å². The SMILES string of the molecule is C=C(C)C1CCc2cncc(C)c2C1. The first-order valence-corrected chi connectivity index (χ1v) is 5.26. The fourth-order valence-corrected chi connectivity index (χ4v) is 2.25. The Morgan fingerprint density at radius 3 is 3.00 bits per heavy atom. The Hall–Kier alpha value is -1.11. The molecule has 0 amide bonds. The summed E-state index contributed by atoms with van der Waals surface area (Å²) in [5, 5.41) is 0. The molecule has 74 valence electrons. The Morgan fingerprint density at radius 1 is 1.50 bits per heavy atom. The third-order valence-corrected chi connectivity index (χ3v) is 3.27. The lowest BCUT2D eigenvalue weighted by Gasteiger charge is -2.25.